The third-order valence-corrected chi connectivity index (χ3v) is 6.74. The summed E-state index contributed by atoms with van der Waals surface area (Å²) >= 11 is 5.33. The third kappa shape index (κ3) is 3.53. The second kappa shape index (κ2) is 6.31. The summed E-state index contributed by atoms with van der Waals surface area (Å²) < 4.78 is 23.8. The van der Waals surface area contributed by atoms with Gasteiger partial charge in [-0.15, -0.1) is 11.3 Å². The first kappa shape index (κ1) is 16.0. The Morgan fingerprint density at radius 1 is 1.09 bits per heavy atom. The molecule has 1 aromatic carbocycles. The summed E-state index contributed by atoms with van der Waals surface area (Å²) in [6.07, 6.45) is 2.23. The Kier molecular flexibility index (Phi) is 4.59. The van der Waals surface area contributed by atoms with Crippen LogP contribution >= 0.6 is 27.3 Å². The van der Waals surface area contributed by atoms with E-state index < -0.39 is 10.0 Å². The van der Waals surface area contributed by atoms with Crippen molar-refractivity contribution in [1.82, 2.24) is 0 Å². The van der Waals surface area contributed by atoms with E-state index in [2.05, 4.69) is 33.0 Å². The van der Waals surface area contributed by atoms with Crippen LogP contribution in [0.3, 0.4) is 0 Å². The lowest BCUT2D eigenvalue weighted by molar-refractivity contribution is 0.511. The lowest BCUT2D eigenvalue weighted by atomic mass is 9.95. The van der Waals surface area contributed by atoms with Gasteiger partial charge in [-0.2, -0.15) is 0 Å². The van der Waals surface area contributed by atoms with Gasteiger partial charge in [0.2, 0.25) is 10.0 Å². The Morgan fingerprint density at radius 2 is 1.73 bits per heavy atom. The molecule has 0 aliphatic carbocycles. The molecule has 0 amide bonds. The predicted molar refractivity (Wildman–Crippen MR) is 94.0 cm³/mol. The summed E-state index contributed by atoms with van der Waals surface area (Å²) in [6, 6.07) is 11.1. The van der Waals surface area contributed by atoms with Crippen LogP contribution in [-0.2, 0) is 10.0 Å². The highest BCUT2D eigenvalue weighted by molar-refractivity contribution is 9.11. The zero-order chi connectivity index (χ0) is 15.7. The third-order valence-electron chi connectivity index (χ3n) is 4.02. The van der Waals surface area contributed by atoms with Crippen LogP contribution in [0, 0.1) is 0 Å². The van der Waals surface area contributed by atoms with Gasteiger partial charge in [0.1, 0.15) is 0 Å². The zero-order valence-corrected chi connectivity index (χ0v) is 15.1. The lowest BCUT2D eigenvalue weighted by Crippen LogP contribution is -2.32. The quantitative estimate of drug-likeness (QED) is 0.856. The number of benzene rings is 1. The molecule has 0 atom stereocenters. The van der Waals surface area contributed by atoms with E-state index in [4.69, 9.17) is 5.14 Å². The summed E-state index contributed by atoms with van der Waals surface area (Å²) in [4.78, 5) is 3.90. The van der Waals surface area contributed by atoms with Crippen molar-refractivity contribution in [2.45, 2.75) is 23.7 Å². The Labute approximate surface area is 143 Å². The highest BCUT2D eigenvalue weighted by atomic mass is 79.9. The topological polar surface area (TPSA) is 63.4 Å². The number of primary sulfonamides is 1. The van der Waals surface area contributed by atoms with Crippen molar-refractivity contribution in [2.75, 3.05) is 18.0 Å². The Morgan fingerprint density at radius 3 is 2.23 bits per heavy atom. The highest BCUT2D eigenvalue weighted by Gasteiger charge is 2.22. The molecule has 2 aromatic rings. The first-order valence-corrected chi connectivity index (χ1v) is 10.2. The van der Waals surface area contributed by atoms with Gasteiger partial charge in [0, 0.05) is 23.7 Å². The molecule has 1 aliphatic rings. The molecule has 1 aromatic heterocycles. The van der Waals surface area contributed by atoms with E-state index in [1.165, 1.54) is 8.66 Å². The van der Waals surface area contributed by atoms with E-state index >= 15 is 0 Å². The molecule has 118 valence electrons. The maximum Gasteiger partial charge on any atom is 0.238 e. The van der Waals surface area contributed by atoms with Crippen molar-refractivity contribution in [3.05, 3.63) is 45.1 Å². The fourth-order valence-corrected chi connectivity index (χ4v) is 4.92. The van der Waals surface area contributed by atoms with Crippen molar-refractivity contribution in [2.24, 2.45) is 5.14 Å². The van der Waals surface area contributed by atoms with E-state index in [9.17, 15) is 8.42 Å². The molecule has 2 heterocycles. The number of sulfonamides is 1. The summed E-state index contributed by atoms with van der Waals surface area (Å²) in [6.45, 7) is 1.96. The van der Waals surface area contributed by atoms with E-state index in [0.717, 1.165) is 31.6 Å². The van der Waals surface area contributed by atoms with Crippen molar-refractivity contribution < 1.29 is 8.42 Å². The Bertz CT molecular complexity index is 748. The molecule has 2 N–H and O–H groups in total. The Balaban J connectivity index is 1.66. The molecule has 0 bridgehead atoms. The van der Waals surface area contributed by atoms with E-state index in [-0.39, 0.29) is 4.90 Å². The standard InChI is InChI=1S/C15H17BrN2O2S2/c16-15-6-5-14(21-15)11-7-9-18(10-8-11)12-1-3-13(4-2-12)22(17,19)20/h1-6,11H,7-10H2,(H2,17,19,20). The number of hydrogen-bond acceptors (Lipinski definition) is 4. The fraction of sp³-hybridized carbons (Fsp3) is 0.333. The second-order valence-corrected chi connectivity index (χ2v) is 9.50. The van der Waals surface area contributed by atoms with Crippen LogP contribution in [0.15, 0.2) is 45.1 Å². The van der Waals surface area contributed by atoms with Crippen LogP contribution in [0.2, 0.25) is 0 Å². The van der Waals surface area contributed by atoms with Crippen LogP contribution in [0.5, 0.6) is 0 Å². The predicted octanol–water partition coefficient (Wildman–Crippen LogP) is 3.54. The summed E-state index contributed by atoms with van der Waals surface area (Å²) in [7, 11) is -3.61. The van der Waals surface area contributed by atoms with Gasteiger partial charge in [-0.25, -0.2) is 13.6 Å². The molecule has 7 heteroatoms. The second-order valence-electron chi connectivity index (χ2n) is 5.44. The van der Waals surface area contributed by atoms with Crippen molar-refractivity contribution >= 4 is 43.0 Å². The van der Waals surface area contributed by atoms with Gasteiger partial charge < -0.3 is 4.90 Å². The molecule has 0 saturated carbocycles. The highest BCUT2D eigenvalue weighted by Crippen LogP contribution is 2.36. The smallest absolute Gasteiger partial charge is 0.238 e. The first-order valence-electron chi connectivity index (χ1n) is 7.06. The number of nitrogens with zero attached hydrogens (tertiary/aromatic N) is 1. The van der Waals surface area contributed by atoms with Gasteiger partial charge in [0.25, 0.3) is 0 Å². The van der Waals surface area contributed by atoms with Gasteiger partial charge in [0.05, 0.1) is 8.68 Å². The molecule has 1 aliphatic heterocycles. The number of nitrogens with two attached hydrogens (primary N) is 1. The molecule has 0 unspecified atom stereocenters. The lowest BCUT2D eigenvalue weighted by Gasteiger charge is -2.33. The van der Waals surface area contributed by atoms with Crippen LogP contribution in [-0.4, -0.2) is 21.5 Å². The number of anilines is 1. The van der Waals surface area contributed by atoms with Crippen molar-refractivity contribution in [1.29, 1.82) is 0 Å². The number of halogens is 1. The maximum absolute atomic E-state index is 11.3. The molecule has 4 nitrogen and oxygen atoms in total. The monoisotopic (exact) mass is 400 g/mol. The zero-order valence-electron chi connectivity index (χ0n) is 11.9. The average molecular weight is 401 g/mol. The molecule has 0 spiro atoms. The van der Waals surface area contributed by atoms with Gasteiger partial charge in [-0.3, -0.25) is 0 Å². The molecule has 3 rings (SSSR count). The fourth-order valence-electron chi connectivity index (χ4n) is 2.82. The van der Waals surface area contributed by atoms with E-state index in [1.807, 2.05) is 23.5 Å². The number of hydrogen-bond donors (Lipinski definition) is 1. The van der Waals surface area contributed by atoms with E-state index in [0.29, 0.717) is 5.92 Å². The van der Waals surface area contributed by atoms with Gasteiger partial charge in [0.15, 0.2) is 0 Å². The van der Waals surface area contributed by atoms with Crippen molar-refractivity contribution in [3.8, 4) is 0 Å². The summed E-state index contributed by atoms with van der Waals surface area (Å²) in [5, 5.41) is 5.13. The number of thiophene rings is 1. The van der Waals surface area contributed by atoms with Crippen LogP contribution < -0.4 is 10.0 Å². The first-order chi connectivity index (χ1) is 10.4. The molecular formula is C15H17BrN2O2S2. The average Bonchev–Trinajstić information content (AvgIpc) is 2.93. The molecule has 22 heavy (non-hydrogen) atoms. The van der Waals surface area contributed by atoms with Crippen LogP contribution in [0.25, 0.3) is 0 Å². The minimum Gasteiger partial charge on any atom is -0.371 e. The van der Waals surface area contributed by atoms with Gasteiger partial charge in [-0.05, 0) is 71.1 Å². The van der Waals surface area contributed by atoms with Crippen LogP contribution in [0.1, 0.15) is 23.6 Å². The van der Waals surface area contributed by atoms with Crippen molar-refractivity contribution in [3.63, 3.8) is 0 Å². The minimum absolute atomic E-state index is 0.162. The summed E-state index contributed by atoms with van der Waals surface area (Å²) in [5.41, 5.74) is 1.05. The Hall–Kier alpha value is -0.890. The van der Waals surface area contributed by atoms with E-state index in [1.54, 1.807) is 12.1 Å². The SMILES string of the molecule is NS(=O)(=O)c1ccc(N2CCC(c3ccc(Br)s3)CC2)cc1. The maximum atomic E-state index is 11.3. The minimum atomic E-state index is -3.61. The molecule has 0 radical (unpaired) electrons. The summed E-state index contributed by atoms with van der Waals surface area (Å²) in [5.74, 6) is 0.622. The number of rotatable bonds is 3. The molecule has 1 saturated heterocycles. The van der Waals surface area contributed by atoms with Gasteiger partial charge in [-0.1, -0.05) is 0 Å². The number of piperidine rings is 1. The van der Waals surface area contributed by atoms with Crippen LogP contribution in [0.4, 0.5) is 5.69 Å². The molecule has 1 fully saturated rings. The normalized spacial score (nSPS) is 16.9. The van der Waals surface area contributed by atoms with Gasteiger partial charge >= 0.3 is 0 Å². The molecular weight excluding hydrogens is 384 g/mol. The largest absolute Gasteiger partial charge is 0.371 e.